The first-order valence-corrected chi connectivity index (χ1v) is 8.51. The maximum absolute atomic E-state index is 11.0. The van der Waals surface area contributed by atoms with Gasteiger partial charge in [0.2, 0.25) is 11.0 Å². The second-order valence-corrected chi connectivity index (χ2v) is 6.98. The molecule has 0 spiro atoms. The van der Waals surface area contributed by atoms with Crippen LogP contribution in [0.25, 0.3) is 10.9 Å². The summed E-state index contributed by atoms with van der Waals surface area (Å²) in [5.74, 6) is 0.655. The molecular formula is C15H14N4OS2. The Balaban J connectivity index is 1.79. The number of carbonyl (C=O) groups excluding carboxylic acids is 1. The van der Waals surface area contributed by atoms with Crippen molar-refractivity contribution in [2.45, 2.75) is 23.9 Å². The van der Waals surface area contributed by atoms with E-state index in [1.807, 2.05) is 25.1 Å². The van der Waals surface area contributed by atoms with Gasteiger partial charge in [-0.3, -0.25) is 9.78 Å². The van der Waals surface area contributed by atoms with Gasteiger partial charge in [-0.15, -0.1) is 10.2 Å². The molecule has 0 saturated carbocycles. The lowest BCUT2D eigenvalue weighted by atomic mass is 10.1. The third kappa shape index (κ3) is 3.42. The van der Waals surface area contributed by atoms with Crippen LogP contribution in [-0.4, -0.2) is 21.1 Å². The Morgan fingerprint density at radius 1 is 1.32 bits per heavy atom. The van der Waals surface area contributed by atoms with Crippen LogP contribution in [0.2, 0.25) is 0 Å². The molecule has 1 N–H and O–H groups in total. The van der Waals surface area contributed by atoms with Crippen molar-refractivity contribution < 1.29 is 4.79 Å². The van der Waals surface area contributed by atoms with Crippen molar-refractivity contribution in [3.8, 4) is 0 Å². The summed E-state index contributed by atoms with van der Waals surface area (Å²) in [5.41, 5.74) is 3.24. The van der Waals surface area contributed by atoms with Crippen LogP contribution < -0.4 is 5.32 Å². The van der Waals surface area contributed by atoms with E-state index in [1.54, 1.807) is 11.8 Å². The summed E-state index contributed by atoms with van der Waals surface area (Å²) in [6.45, 7) is 3.46. The molecule has 0 saturated heterocycles. The van der Waals surface area contributed by atoms with E-state index in [4.69, 9.17) is 0 Å². The molecule has 0 aliphatic carbocycles. The summed E-state index contributed by atoms with van der Waals surface area (Å²) in [7, 11) is 0. The van der Waals surface area contributed by atoms with Crippen LogP contribution in [0.5, 0.6) is 0 Å². The van der Waals surface area contributed by atoms with E-state index in [-0.39, 0.29) is 5.91 Å². The number of para-hydroxylation sites is 1. The van der Waals surface area contributed by atoms with Crippen molar-refractivity contribution in [1.29, 1.82) is 0 Å². The number of benzene rings is 1. The van der Waals surface area contributed by atoms with Crippen LogP contribution in [-0.2, 0) is 10.5 Å². The van der Waals surface area contributed by atoms with Crippen LogP contribution in [0.15, 0.2) is 34.7 Å². The molecule has 0 unspecified atom stereocenters. The molecule has 5 nitrogen and oxygen atoms in total. The zero-order valence-corrected chi connectivity index (χ0v) is 13.8. The van der Waals surface area contributed by atoms with Gasteiger partial charge in [-0.05, 0) is 24.6 Å². The maximum Gasteiger partial charge on any atom is 0.223 e. The van der Waals surface area contributed by atoms with E-state index in [1.165, 1.54) is 23.8 Å². The molecule has 22 heavy (non-hydrogen) atoms. The number of nitrogens with zero attached hydrogens (tertiary/aromatic N) is 3. The number of aromatic nitrogens is 3. The van der Waals surface area contributed by atoms with Crippen LogP contribution >= 0.6 is 23.1 Å². The van der Waals surface area contributed by atoms with Crippen LogP contribution in [0.3, 0.4) is 0 Å². The number of anilines is 1. The summed E-state index contributed by atoms with van der Waals surface area (Å²) in [6, 6.07) is 10.2. The zero-order valence-electron chi connectivity index (χ0n) is 12.2. The molecule has 1 amide bonds. The Kier molecular flexibility index (Phi) is 4.35. The zero-order chi connectivity index (χ0) is 15.5. The molecule has 7 heteroatoms. The fourth-order valence-corrected chi connectivity index (χ4v) is 3.91. The third-order valence-corrected chi connectivity index (χ3v) is 4.99. The lowest BCUT2D eigenvalue weighted by Gasteiger charge is -2.06. The molecule has 2 heterocycles. The summed E-state index contributed by atoms with van der Waals surface area (Å²) < 4.78 is 0.835. The highest BCUT2D eigenvalue weighted by molar-refractivity contribution is 8.00. The minimum absolute atomic E-state index is 0.136. The largest absolute Gasteiger partial charge is 0.301 e. The van der Waals surface area contributed by atoms with Gasteiger partial charge in [0.15, 0.2) is 4.34 Å². The van der Waals surface area contributed by atoms with Crippen molar-refractivity contribution in [1.82, 2.24) is 15.2 Å². The number of thioether (sulfide) groups is 1. The number of pyridine rings is 1. The highest BCUT2D eigenvalue weighted by Crippen LogP contribution is 2.30. The molecule has 2 aromatic heterocycles. The minimum Gasteiger partial charge on any atom is -0.301 e. The van der Waals surface area contributed by atoms with Gasteiger partial charge < -0.3 is 5.32 Å². The van der Waals surface area contributed by atoms with Crippen molar-refractivity contribution in [3.05, 3.63) is 41.6 Å². The number of nitrogens with one attached hydrogen (secondary N) is 1. The molecular weight excluding hydrogens is 316 g/mol. The van der Waals surface area contributed by atoms with Gasteiger partial charge in [0, 0.05) is 23.8 Å². The van der Waals surface area contributed by atoms with Gasteiger partial charge in [-0.1, -0.05) is 41.3 Å². The van der Waals surface area contributed by atoms with Crippen molar-refractivity contribution in [3.63, 3.8) is 0 Å². The smallest absolute Gasteiger partial charge is 0.223 e. The highest BCUT2D eigenvalue weighted by atomic mass is 32.2. The third-order valence-electron chi connectivity index (χ3n) is 2.97. The van der Waals surface area contributed by atoms with E-state index in [9.17, 15) is 4.79 Å². The Labute approximate surface area is 136 Å². The molecule has 112 valence electrons. The number of amides is 1. The van der Waals surface area contributed by atoms with E-state index < -0.39 is 0 Å². The highest BCUT2D eigenvalue weighted by Gasteiger charge is 2.08. The average molecular weight is 330 g/mol. The standard InChI is InChI=1S/C15H14N4OS2/c1-9-7-11(12-5-3-4-6-13(12)16-9)8-21-15-19-18-14(22-15)17-10(2)20/h3-7H,8H2,1-2H3,(H,17,18,20). The molecule has 1 aromatic carbocycles. The van der Waals surface area contributed by atoms with E-state index in [2.05, 4.69) is 32.6 Å². The van der Waals surface area contributed by atoms with Gasteiger partial charge in [-0.2, -0.15) is 0 Å². The Hall–Kier alpha value is -1.99. The fourth-order valence-electron chi connectivity index (χ4n) is 2.12. The normalized spacial score (nSPS) is 10.8. The van der Waals surface area contributed by atoms with Gasteiger partial charge in [-0.25, -0.2) is 0 Å². The number of rotatable bonds is 4. The second-order valence-electron chi connectivity index (χ2n) is 4.78. The van der Waals surface area contributed by atoms with Crippen LogP contribution in [0.1, 0.15) is 18.2 Å². The lowest BCUT2D eigenvalue weighted by molar-refractivity contribution is -0.114. The SMILES string of the molecule is CC(=O)Nc1nnc(SCc2cc(C)nc3ccccc23)s1. The lowest BCUT2D eigenvalue weighted by Crippen LogP contribution is -2.04. The first-order chi connectivity index (χ1) is 10.6. The first kappa shape index (κ1) is 14.9. The number of fused-ring (bicyclic) bond motifs is 1. The second kappa shape index (κ2) is 6.41. The Bertz CT molecular complexity index is 831. The van der Waals surface area contributed by atoms with Crippen LogP contribution in [0, 0.1) is 6.92 Å². The molecule has 3 rings (SSSR count). The number of carbonyl (C=O) groups is 1. The number of hydrogen-bond acceptors (Lipinski definition) is 6. The Morgan fingerprint density at radius 3 is 2.95 bits per heavy atom. The number of hydrogen-bond donors (Lipinski definition) is 1. The molecule has 3 aromatic rings. The van der Waals surface area contributed by atoms with Crippen molar-refractivity contribution in [2.75, 3.05) is 5.32 Å². The Morgan fingerprint density at radius 2 is 2.14 bits per heavy atom. The van der Waals surface area contributed by atoms with Crippen molar-refractivity contribution in [2.24, 2.45) is 0 Å². The fraction of sp³-hybridized carbons (Fsp3) is 0.200. The van der Waals surface area contributed by atoms with Gasteiger partial charge >= 0.3 is 0 Å². The maximum atomic E-state index is 11.0. The molecule has 0 radical (unpaired) electrons. The molecule has 0 aliphatic rings. The summed E-state index contributed by atoms with van der Waals surface area (Å²) in [4.78, 5) is 15.5. The molecule has 0 atom stereocenters. The van der Waals surface area contributed by atoms with E-state index in [0.29, 0.717) is 5.13 Å². The van der Waals surface area contributed by atoms with Crippen LogP contribution in [0.4, 0.5) is 5.13 Å². The molecule has 0 aliphatic heterocycles. The van der Waals surface area contributed by atoms with Crippen molar-refractivity contribution >= 4 is 45.0 Å². The monoisotopic (exact) mass is 330 g/mol. The summed E-state index contributed by atoms with van der Waals surface area (Å²) >= 11 is 2.99. The predicted octanol–water partition coefficient (Wildman–Crippen LogP) is 3.65. The van der Waals surface area contributed by atoms with E-state index >= 15 is 0 Å². The summed E-state index contributed by atoms with van der Waals surface area (Å²) in [6.07, 6.45) is 0. The summed E-state index contributed by atoms with van der Waals surface area (Å²) in [5, 5.41) is 12.4. The van der Waals surface area contributed by atoms with E-state index in [0.717, 1.165) is 26.7 Å². The average Bonchev–Trinajstić information content (AvgIpc) is 2.91. The van der Waals surface area contributed by atoms with Gasteiger partial charge in [0.05, 0.1) is 5.52 Å². The van der Waals surface area contributed by atoms with Gasteiger partial charge in [0.1, 0.15) is 0 Å². The minimum atomic E-state index is -0.136. The first-order valence-electron chi connectivity index (χ1n) is 6.71. The predicted molar refractivity (Wildman–Crippen MR) is 90.3 cm³/mol. The molecule has 0 bridgehead atoms. The van der Waals surface area contributed by atoms with Gasteiger partial charge in [0.25, 0.3) is 0 Å². The topological polar surface area (TPSA) is 67.8 Å². The number of aryl methyl sites for hydroxylation is 1. The quantitative estimate of drug-likeness (QED) is 0.584. The molecule has 0 fully saturated rings.